The Kier molecular flexibility index (Phi) is 9.05. The summed E-state index contributed by atoms with van der Waals surface area (Å²) in [4.78, 5) is 33.7. The Balaban J connectivity index is 2.79. The molecule has 0 aliphatic heterocycles. The van der Waals surface area contributed by atoms with Crippen LogP contribution in [0, 0.1) is 5.92 Å². The quantitative estimate of drug-likeness (QED) is 0.614. The Hall–Kier alpha value is -2.02. The van der Waals surface area contributed by atoms with E-state index in [0.29, 0.717) is 5.95 Å². The number of nitrogens with zero attached hydrogens (tertiary/aromatic N) is 3. The highest BCUT2D eigenvalue weighted by atomic mass is 16.5. The first-order valence-electron chi connectivity index (χ1n) is 8.76. The number of hydrogen-bond acceptors (Lipinski definition) is 6. The van der Waals surface area contributed by atoms with Crippen molar-refractivity contribution in [3.05, 3.63) is 18.0 Å². The molecule has 7 nitrogen and oxygen atoms in total. The molecular weight excluding hydrogens is 320 g/mol. The summed E-state index contributed by atoms with van der Waals surface area (Å²) >= 11 is 0. The van der Waals surface area contributed by atoms with Gasteiger partial charge in [0, 0.05) is 32.5 Å². The number of rotatable bonds is 11. The van der Waals surface area contributed by atoms with Crippen LogP contribution in [0.3, 0.4) is 0 Å². The minimum atomic E-state index is -0.318. The molecule has 0 fully saturated rings. The lowest BCUT2D eigenvalue weighted by Gasteiger charge is -2.37. The van der Waals surface area contributed by atoms with E-state index in [1.165, 1.54) is 0 Å². The second-order valence-corrected chi connectivity index (χ2v) is 6.14. The van der Waals surface area contributed by atoms with E-state index in [4.69, 9.17) is 4.74 Å². The second kappa shape index (κ2) is 10.8. The molecule has 1 N–H and O–H groups in total. The monoisotopic (exact) mass is 350 g/mol. The summed E-state index contributed by atoms with van der Waals surface area (Å²) in [6, 6.07) is 1.68. The normalized spacial score (nSPS) is 14.4. The lowest BCUT2D eigenvalue weighted by molar-refractivity contribution is -0.135. The molecule has 1 aromatic rings. The summed E-state index contributed by atoms with van der Waals surface area (Å²) in [7, 11) is 3.32. The van der Waals surface area contributed by atoms with Gasteiger partial charge in [-0.2, -0.15) is 0 Å². The van der Waals surface area contributed by atoms with Gasteiger partial charge < -0.3 is 19.7 Å². The number of carbonyl (C=O) groups excluding carboxylic acids is 2. The molecule has 25 heavy (non-hydrogen) atoms. The van der Waals surface area contributed by atoms with Gasteiger partial charge in [-0.05, 0) is 18.4 Å². The molecule has 140 valence electrons. The van der Waals surface area contributed by atoms with Gasteiger partial charge in [-0.25, -0.2) is 9.97 Å². The van der Waals surface area contributed by atoms with E-state index in [9.17, 15) is 9.59 Å². The number of hydrogen-bond donors (Lipinski definition) is 1. The zero-order valence-corrected chi connectivity index (χ0v) is 15.9. The van der Waals surface area contributed by atoms with Gasteiger partial charge >= 0.3 is 0 Å². The van der Waals surface area contributed by atoms with Gasteiger partial charge in [0.15, 0.2) is 0 Å². The van der Waals surface area contributed by atoms with Gasteiger partial charge in [-0.1, -0.05) is 27.2 Å². The van der Waals surface area contributed by atoms with E-state index in [1.807, 2.05) is 13.0 Å². The predicted molar refractivity (Wildman–Crippen MR) is 97.4 cm³/mol. The highest BCUT2D eigenvalue weighted by Gasteiger charge is 2.32. The maximum absolute atomic E-state index is 12.6. The summed E-state index contributed by atoms with van der Waals surface area (Å²) < 4.78 is 5.47. The van der Waals surface area contributed by atoms with Crippen molar-refractivity contribution in [2.24, 2.45) is 5.92 Å². The molecule has 0 saturated heterocycles. The van der Waals surface area contributed by atoms with E-state index < -0.39 is 0 Å². The lowest BCUT2D eigenvalue weighted by Crippen LogP contribution is -2.50. The smallest absolute Gasteiger partial charge is 0.242 e. The molecule has 1 amide bonds. The second-order valence-electron chi connectivity index (χ2n) is 6.14. The number of anilines is 1. The summed E-state index contributed by atoms with van der Waals surface area (Å²) in [5.41, 5.74) is 0.918. The fourth-order valence-corrected chi connectivity index (χ4v) is 2.83. The SMILES string of the molecule is CCc1ccnc(NCC(=O)N(C)C(C(C)CC)C(CC=O)OC)n1. The van der Waals surface area contributed by atoms with E-state index >= 15 is 0 Å². The fraction of sp³-hybridized carbons (Fsp3) is 0.667. The topological polar surface area (TPSA) is 84.4 Å². The summed E-state index contributed by atoms with van der Waals surface area (Å²) in [5, 5.41) is 2.98. The number of aldehydes is 1. The van der Waals surface area contributed by atoms with Crippen molar-refractivity contribution >= 4 is 18.1 Å². The van der Waals surface area contributed by atoms with Crippen LogP contribution in [-0.2, 0) is 20.7 Å². The standard InChI is InChI=1S/C18H30N4O3/c1-6-13(3)17(15(25-5)9-11-23)22(4)16(24)12-20-18-19-10-8-14(7-2)21-18/h8,10-11,13,15,17H,6-7,9,12H2,1-5H3,(H,19,20,21). The van der Waals surface area contributed by atoms with E-state index in [-0.39, 0.29) is 36.9 Å². The van der Waals surface area contributed by atoms with Gasteiger partial charge in [-0.15, -0.1) is 0 Å². The molecule has 1 aromatic heterocycles. The predicted octanol–water partition coefficient (Wildman–Crippen LogP) is 1.93. The molecule has 1 rings (SSSR count). The number of ether oxygens (including phenoxy) is 1. The van der Waals surface area contributed by atoms with E-state index in [2.05, 4.69) is 29.1 Å². The number of nitrogens with one attached hydrogen (secondary N) is 1. The van der Waals surface area contributed by atoms with Crippen molar-refractivity contribution in [2.45, 2.75) is 52.2 Å². The number of carbonyl (C=O) groups is 2. The van der Waals surface area contributed by atoms with Crippen LogP contribution in [0.25, 0.3) is 0 Å². The highest BCUT2D eigenvalue weighted by Crippen LogP contribution is 2.21. The average molecular weight is 350 g/mol. The highest BCUT2D eigenvalue weighted by molar-refractivity contribution is 5.80. The summed E-state index contributed by atoms with van der Waals surface area (Å²) in [5.74, 6) is 0.555. The molecule has 0 spiro atoms. The van der Waals surface area contributed by atoms with Crippen LogP contribution < -0.4 is 5.32 Å². The van der Waals surface area contributed by atoms with Gasteiger partial charge in [-0.3, -0.25) is 4.79 Å². The Bertz CT molecular complexity index is 553. The van der Waals surface area contributed by atoms with Crippen molar-refractivity contribution < 1.29 is 14.3 Å². The van der Waals surface area contributed by atoms with Crippen LogP contribution in [-0.4, -0.2) is 59.9 Å². The van der Waals surface area contributed by atoms with Crippen molar-refractivity contribution in [3.8, 4) is 0 Å². The summed E-state index contributed by atoms with van der Waals surface area (Å²) in [6.07, 6.45) is 4.15. The van der Waals surface area contributed by atoms with Crippen LogP contribution >= 0.6 is 0 Å². The number of aryl methyl sites for hydroxylation is 1. The minimum Gasteiger partial charge on any atom is -0.379 e. The maximum atomic E-state index is 12.6. The largest absolute Gasteiger partial charge is 0.379 e. The van der Waals surface area contributed by atoms with Crippen molar-refractivity contribution in [2.75, 3.05) is 26.0 Å². The Morgan fingerprint density at radius 1 is 1.44 bits per heavy atom. The van der Waals surface area contributed by atoms with Crippen molar-refractivity contribution in [1.29, 1.82) is 0 Å². The first-order chi connectivity index (χ1) is 12.0. The Labute approximate surface area is 150 Å². The van der Waals surface area contributed by atoms with Gasteiger partial charge in [0.25, 0.3) is 0 Å². The molecule has 3 atom stereocenters. The maximum Gasteiger partial charge on any atom is 0.242 e. The molecule has 0 aliphatic carbocycles. The molecule has 1 heterocycles. The number of aromatic nitrogens is 2. The number of methoxy groups -OCH3 is 1. The zero-order valence-electron chi connectivity index (χ0n) is 15.9. The number of likely N-dealkylation sites (N-methyl/N-ethyl adjacent to an activating group) is 1. The van der Waals surface area contributed by atoms with Gasteiger partial charge in [0.05, 0.1) is 18.7 Å². The fourth-order valence-electron chi connectivity index (χ4n) is 2.83. The molecule has 7 heteroatoms. The van der Waals surface area contributed by atoms with Gasteiger partial charge in [0.2, 0.25) is 11.9 Å². The lowest BCUT2D eigenvalue weighted by atomic mass is 9.91. The average Bonchev–Trinajstić information content (AvgIpc) is 2.65. The Morgan fingerprint density at radius 3 is 2.72 bits per heavy atom. The Morgan fingerprint density at radius 2 is 2.16 bits per heavy atom. The van der Waals surface area contributed by atoms with E-state index in [0.717, 1.165) is 24.8 Å². The van der Waals surface area contributed by atoms with Crippen LogP contribution in [0.1, 0.15) is 39.3 Å². The third-order valence-corrected chi connectivity index (χ3v) is 4.55. The molecule has 0 aliphatic rings. The third-order valence-electron chi connectivity index (χ3n) is 4.55. The molecule has 0 radical (unpaired) electrons. The van der Waals surface area contributed by atoms with Crippen LogP contribution in [0.5, 0.6) is 0 Å². The molecule has 0 aromatic carbocycles. The van der Waals surface area contributed by atoms with Gasteiger partial charge in [0.1, 0.15) is 6.29 Å². The third kappa shape index (κ3) is 6.08. The molecule has 3 unspecified atom stereocenters. The first kappa shape index (κ1) is 21.0. The first-order valence-corrected chi connectivity index (χ1v) is 8.76. The molecule has 0 bridgehead atoms. The van der Waals surface area contributed by atoms with Crippen LogP contribution in [0.4, 0.5) is 5.95 Å². The van der Waals surface area contributed by atoms with Crippen molar-refractivity contribution in [1.82, 2.24) is 14.9 Å². The minimum absolute atomic E-state index is 0.0914. The zero-order chi connectivity index (χ0) is 18.8. The number of amides is 1. The molecular formula is C18H30N4O3. The van der Waals surface area contributed by atoms with Crippen molar-refractivity contribution in [3.63, 3.8) is 0 Å². The van der Waals surface area contributed by atoms with E-state index in [1.54, 1.807) is 25.3 Å². The molecule has 0 saturated carbocycles. The van der Waals surface area contributed by atoms with Crippen LogP contribution in [0.2, 0.25) is 0 Å². The summed E-state index contributed by atoms with van der Waals surface area (Å²) in [6.45, 7) is 6.23. The van der Waals surface area contributed by atoms with Crippen LogP contribution in [0.15, 0.2) is 12.3 Å².